The Labute approximate surface area is 120 Å². The van der Waals surface area contributed by atoms with Crippen molar-refractivity contribution in [2.45, 2.75) is 13.8 Å². The molecule has 0 aliphatic rings. The number of aromatic nitrogens is 1. The maximum absolute atomic E-state index is 12.1. The summed E-state index contributed by atoms with van der Waals surface area (Å²) in [6, 6.07) is 4.81. The van der Waals surface area contributed by atoms with Crippen molar-refractivity contribution < 1.29 is 14.3 Å². The molecule has 2 rings (SSSR count). The highest BCUT2D eigenvalue weighted by molar-refractivity contribution is 7.15. The molecule has 0 saturated heterocycles. The van der Waals surface area contributed by atoms with E-state index >= 15 is 0 Å². The number of nitrogens with one attached hydrogen (secondary N) is 1. The van der Waals surface area contributed by atoms with Gasteiger partial charge in [-0.15, -0.1) is 11.3 Å². The highest BCUT2D eigenvalue weighted by Crippen LogP contribution is 2.19. The lowest BCUT2D eigenvalue weighted by Crippen LogP contribution is -2.14. The second-order valence-corrected chi connectivity index (χ2v) is 5.49. The van der Waals surface area contributed by atoms with E-state index in [0.29, 0.717) is 21.8 Å². The van der Waals surface area contributed by atoms with Crippen LogP contribution in [0.4, 0.5) is 5.13 Å². The number of carbonyl (C=O) groups is 2. The standard InChI is InChI=1S/C14H14N2O3S/c1-8-6-10(13(18)19-3)4-5-11(8)12(17)16-14-15-7-9(2)20-14/h4-7H,1-3H3,(H,15,16,17). The van der Waals surface area contributed by atoms with Crippen molar-refractivity contribution in [3.8, 4) is 0 Å². The molecule has 20 heavy (non-hydrogen) atoms. The fraction of sp³-hybridized carbons (Fsp3) is 0.214. The molecule has 6 heteroatoms. The predicted octanol–water partition coefficient (Wildman–Crippen LogP) is 2.80. The van der Waals surface area contributed by atoms with Crippen molar-refractivity contribution in [3.63, 3.8) is 0 Å². The molecule has 0 atom stereocenters. The Kier molecular flexibility index (Phi) is 4.14. The highest BCUT2D eigenvalue weighted by atomic mass is 32.1. The van der Waals surface area contributed by atoms with Crippen molar-refractivity contribution in [2.75, 3.05) is 12.4 Å². The topological polar surface area (TPSA) is 68.3 Å². The summed E-state index contributed by atoms with van der Waals surface area (Å²) in [4.78, 5) is 28.7. The zero-order valence-electron chi connectivity index (χ0n) is 11.4. The minimum Gasteiger partial charge on any atom is -0.465 e. The minimum atomic E-state index is -0.421. The molecule has 0 radical (unpaired) electrons. The van der Waals surface area contributed by atoms with Gasteiger partial charge in [-0.05, 0) is 37.6 Å². The van der Waals surface area contributed by atoms with Crippen LogP contribution in [0.25, 0.3) is 0 Å². The Hall–Kier alpha value is -2.21. The number of benzene rings is 1. The van der Waals surface area contributed by atoms with E-state index in [1.54, 1.807) is 31.3 Å². The van der Waals surface area contributed by atoms with Gasteiger partial charge >= 0.3 is 5.97 Å². The second-order valence-electron chi connectivity index (χ2n) is 4.25. The van der Waals surface area contributed by atoms with Crippen molar-refractivity contribution >= 4 is 28.3 Å². The van der Waals surface area contributed by atoms with Gasteiger partial charge in [0.25, 0.3) is 5.91 Å². The van der Waals surface area contributed by atoms with Crippen LogP contribution < -0.4 is 5.32 Å². The van der Waals surface area contributed by atoms with Crippen LogP contribution in [-0.4, -0.2) is 24.0 Å². The zero-order valence-corrected chi connectivity index (χ0v) is 12.2. The number of methoxy groups -OCH3 is 1. The van der Waals surface area contributed by atoms with Gasteiger partial charge in [-0.25, -0.2) is 9.78 Å². The number of carbonyl (C=O) groups excluding carboxylic acids is 2. The van der Waals surface area contributed by atoms with Gasteiger partial charge in [0.15, 0.2) is 5.13 Å². The van der Waals surface area contributed by atoms with Crippen LogP contribution in [0.1, 0.15) is 31.2 Å². The molecular formula is C14H14N2O3S. The Morgan fingerprint density at radius 2 is 2.05 bits per heavy atom. The van der Waals surface area contributed by atoms with Crippen LogP contribution in [-0.2, 0) is 4.74 Å². The van der Waals surface area contributed by atoms with Gasteiger partial charge in [0, 0.05) is 16.6 Å². The van der Waals surface area contributed by atoms with Gasteiger partial charge in [0.2, 0.25) is 0 Å². The van der Waals surface area contributed by atoms with E-state index in [4.69, 9.17) is 0 Å². The zero-order chi connectivity index (χ0) is 14.7. The maximum atomic E-state index is 12.1. The maximum Gasteiger partial charge on any atom is 0.337 e. The number of hydrogen-bond donors (Lipinski definition) is 1. The van der Waals surface area contributed by atoms with Crippen molar-refractivity contribution in [2.24, 2.45) is 0 Å². The fourth-order valence-corrected chi connectivity index (χ4v) is 2.40. The van der Waals surface area contributed by atoms with Crippen LogP contribution in [0, 0.1) is 13.8 Å². The van der Waals surface area contributed by atoms with Crippen LogP contribution in [0.5, 0.6) is 0 Å². The third kappa shape index (κ3) is 3.03. The average molecular weight is 290 g/mol. The summed E-state index contributed by atoms with van der Waals surface area (Å²) in [6.07, 6.45) is 1.70. The van der Waals surface area contributed by atoms with E-state index in [9.17, 15) is 9.59 Å². The number of hydrogen-bond acceptors (Lipinski definition) is 5. The SMILES string of the molecule is COC(=O)c1ccc(C(=O)Nc2ncc(C)s2)c(C)c1. The first kappa shape index (κ1) is 14.2. The van der Waals surface area contributed by atoms with E-state index in [2.05, 4.69) is 15.0 Å². The third-order valence-electron chi connectivity index (χ3n) is 2.73. The molecule has 0 aliphatic heterocycles. The van der Waals surface area contributed by atoms with E-state index in [-0.39, 0.29) is 5.91 Å². The molecule has 2 aromatic rings. The molecular weight excluding hydrogens is 276 g/mol. The quantitative estimate of drug-likeness (QED) is 0.883. The molecule has 0 saturated carbocycles. The molecule has 0 aliphatic carbocycles. The lowest BCUT2D eigenvalue weighted by atomic mass is 10.0. The molecule has 0 unspecified atom stereocenters. The lowest BCUT2D eigenvalue weighted by molar-refractivity contribution is 0.0600. The van der Waals surface area contributed by atoms with Gasteiger partial charge < -0.3 is 4.74 Å². The van der Waals surface area contributed by atoms with Gasteiger partial charge in [-0.1, -0.05) is 0 Å². The average Bonchev–Trinajstić information content (AvgIpc) is 2.82. The summed E-state index contributed by atoms with van der Waals surface area (Å²) in [6.45, 7) is 3.69. The number of thiazole rings is 1. The second kappa shape index (κ2) is 5.83. The summed E-state index contributed by atoms with van der Waals surface area (Å²) in [5, 5.41) is 3.29. The summed E-state index contributed by atoms with van der Waals surface area (Å²) < 4.78 is 4.64. The Balaban J connectivity index is 2.20. The Morgan fingerprint density at radius 1 is 1.30 bits per heavy atom. The highest BCUT2D eigenvalue weighted by Gasteiger charge is 2.13. The van der Waals surface area contributed by atoms with Gasteiger partial charge in [-0.2, -0.15) is 0 Å². The molecule has 1 N–H and O–H groups in total. The molecule has 5 nitrogen and oxygen atoms in total. The number of anilines is 1. The van der Waals surface area contributed by atoms with Crippen LogP contribution in [0.3, 0.4) is 0 Å². The number of esters is 1. The number of nitrogens with zero attached hydrogens (tertiary/aromatic N) is 1. The molecule has 0 fully saturated rings. The van der Waals surface area contributed by atoms with Crippen LogP contribution >= 0.6 is 11.3 Å². The summed E-state index contributed by atoms with van der Waals surface area (Å²) in [5.74, 6) is -0.663. The number of aryl methyl sites for hydroxylation is 2. The monoisotopic (exact) mass is 290 g/mol. The summed E-state index contributed by atoms with van der Waals surface area (Å²) in [5.41, 5.74) is 1.64. The molecule has 0 spiro atoms. The van der Waals surface area contributed by atoms with Gasteiger partial charge in [-0.3, -0.25) is 10.1 Å². The minimum absolute atomic E-state index is 0.242. The fourth-order valence-electron chi connectivity index (χ4n) is 1.74. The Morgan fingerprint density at radius 3 is 2.60 bits per heavy atom. The van der Waals surface area contributed by atoms with Crippen LogP contribution in [0.2, 0.25) is 0 Å². The first-order chi connectivity index (χ1) is 9.51. The normalized spacial score (nSPS) is 10.2. The first-order valence-corrected chi connectivity index (χ1v) is 6.75. The number of amides is 1. The largest absolute Gasteiger partial charge is 0.465 e. The van der Waals surface area contributed by atoms with Crippen molar-refractivity contribution in [3.05, 3.63) is 46.0 Å². The predicted molar refractivity (Wildman–Crippen MR) is 77.3 cm³/mol. The van der Waals surface area contributed by atoms with Crippen molar-refractivity contribution in [1.82, 2.24) is 4.98 Å². The molecule has 1 aromatic carbocycles. The third-order valence-corrected chi connectivity index (χ3v) is 3.56. The van der Waals surface area contributed by atoms with Gasteiger partial charge in [0.1, 0.15) is 0 Å². The lowest BCUT2D eigenvalue weighted by Gasteiger charge is -2.07. The summed E-state index contributed by atoms with van der Waals surface area (Å²) in [7, 11) is 1.32. The summed E-state index contributed by atoms with van der Waals surface area (Å²) >= 11 is 1.41. The molecule has 1 heterocycles. The molecule has 1 aromatic heterocycles. The molecule has 104 valence electrons. The van der Waals surface area contributed by atoms with Crippen molar-refractivity contribution in [1.29, 1.82) is 0 Å². The van der Waals surface area contributed by atoms with E-state index in [1.807, 2.05) is 6.92 Å². The van der Waals surface area contributed by atoms with Crippen LogP contribution in [0.15, 0.2) is 24.4 Å². The van der Waals surface area contributed by atoms with E-state index < -0.39 is 5.97 Å². The number of ether oxygens (including phenoxy) is 1. The van der Waals surface area contributed by atoms with E-state index in [1.165, 1.54) is 18.4 Å². The smallest absolute Gasteiger partial charge is 0.337 e. The number of rotatable bonds is 3. The van der Waals surface area contributed by atoms with Gasteiger partial charge in [0.05, 0.1) is 12.7 Å². The van der Waals surface area contributed by atoms with E-state index in [0.717, 1.165) is 4.88 Å². The first-order valence-electron chi connectivity index (χ1n) is 5.94. The molecule has 0 bridgehead atoms. The Bertz CT molecular complexity index is 664. The molecule has 1 amide bonds.